The summed E-state index contributed by atoms with van der Waals surface area (Å²) < 4.78 is 0. The fraction of sp³-hybridized carbons (Fsp3) is 0.500. The molecule has 1 amide bonds. The van der Waals surface area contributed by atoms with Crippen LogP contribution in [0.1, 0.15) is 0 Å². The van der Waals surface area contributed by atoms with Crippen LogP contribution in [0.5, 0.6) is 0 Å². The van der Waals surface area contributed by atoms with Gasteiger partial charge in [-0.15, -0.1) is 5.11 Å². The topological polar surface area (TPSA) is 41.8 Å². The van der Waals surface area contributed by atoms with Crippen LogP contribution in [-0.4, -0.2) is 13.5 Å². The summed E-state index contributed by atoms with van der Waals surface area (Å²) in [7, 11) is 1.44. The van der Waals surface area contributed by atoms with Gasteiger partial charge in [-0.05, 0) is 0 Å². The number of carbonyl (C=O) groups is 1. The summed E-state index contributed by atoms with van der Waals surface area (Å²) in [6.45, 7) is 0. The fourth-order valence-electron chi connectivity index (χ4n) is 0.0471. The predicted molar refractivity (Wildman–Crippen MR) is 16.8 cm³/mol. The molecule has 0 aliphatic carbocycles. The third-order valence-electron chi connectivity index (χ3n) is 0.163. The van der Waals surface area contributed by atoms with Gasteiger partial charge in [0.2, 0.25) is 0 Å². The molecule has 0 rings (SSSR count). The Bertz CT molecular complexity index is 49.6. The zero-order chi connectivity index (χ0) is 4.12. The summed E-state index contributed by atoms with van der Waals surface area (Å²) >= 11 is 0. The number of azo groups is 1. The van der Waals surface area contributed by atoms with Crippen molar-refractivity contribution in [3.8, 4) is 0 Å². The van der Waals surface area contributed by atoms with E-state index >= 15 is 0 Å². The average Bonchev–Trinajstić information content (AvgIpc) is 1.41. The number of nitrogens with zero attached hydrogens (tertiary/aromatic N) is 2. The smallest absolute Gasteiger partial charge is 0.252 e. The molecule has 3 nitrogen and oxygen atoms in total. The molecule has 0 atom stereocenters. The Morgan fingerprint density at radius 2 is 2.40 bits per heavy atom. The van der Waals surface area contributed by atoms with Crippen molar-refractivity contribution >= 4 is 6.41 Å². The summed E-state index contributed by atoms with van der Waals surface area (Å²) in [6, 6.07) is 0. The quantitative estimate of drug-likeness (QED) is 0.323. The minimum absolute atomic E-state index is 0.389. The van der Waals surface area contributed by atoms with E-state index in [-0.39, 0.29) is 0 Å². The Labute approximate surface area is 29.7 Å². The van der Waals surface area contributed by atoms with E-state index in [9.17, 15) is 0 Å². The van der Waals surface area contributed by atoms with Gasteiger partial charge < -0.3 is 0 Å². The van der Waals surface area contributed by atoms with E-state index in [1.807, 2.05) is 0 Å². The number of hydrogen-bond donors (Lipinski definition) is 0. The summed E-state index contributed by atoms with van der Waals surface area (Å²) in [5, 5.41) is 6.03. The lowest BCUT2D eigenvalue weighted by atomic mass is 11.4. The molecule has 0 fully saturated rings. The zero-order valence-electron chi connectivity index (χ0n) is 2.88. The third-order valence-corrected chi connectivity index (χ3v) is 0.163. The van der Waals surface area contributed by atoms with Gasteiger partial charge in [-0.25, -0.2) is 0 Å². The highest BCUT2D eigenvalue weighted by atomic mass is 16.1. The lowest BCUT2D eigenvalue weighted by Gasteiger charge is -1.54. The van der Waals surface area contributed by atoms with E-state index in [4.69, 9.17) is 4.79 Å². The molecular weight excluding hydrogens is 68.0 g/mol. The van der Waals surface area contributed by atoms with Crippen LogP contribution in [-0.2, 0) is 4.79 Å². The van der Waals surface area contributed by atoms with Crippen LogP contribution in [0.4, 0.5) is 0 Å². The van der Waals surface area contributed by atoms with Crippen LogP contribution >= 0.6 is 0 Å². The van der Waals surface area contributed by atoms with Crippen LogP contribution in [0.15, 0.2) is 10.2 Å². The molecule has 5 heavy (non-hydrogen) atoms. The van der Waals surface area contributed by atoms with Crippen molar-refractivity contribution < 1.29 is 4.79 Å². The predicted octanol–water partition coefficient (Wildman–Crippen LogP) is 0.225. The summed E-state index contributed by atoms with van der Waals surface area (Å²) in [5.74, 6) is 0. The van der Waals surface area contributed by atoms with E-state index in [0.717, 1.165) is 0 Å². The highest BCUT2D eigenvalue weighted by molar-refractivity contribution is 5.45. The second-order valence-electron chi connectivity index (χ2n) is 0.421. The van der Waals surface area contributed by atoms with Crippen molar-refractivity contribution in [2.45, 2.75) is 0 Å². The summed E-state index contributed by atoms with van der Waals surface area (Å²) in [5.41, 5.74) is 0. The van der Waals surface area contributed by atoms with Crippen molar-refractivity contribution in [2.24, 2.45) is 10.2 Å². The summed E-state index contributed by atoms with van der Waals surface area (Å²) in [6.07, 6.45) is 0.389. The van der Waals surface area contributed by atoms with Gasteiger partial charge in [-0.2, -0.15) is 5.11 Å². The number of rotatable bonds is 1. The molecule has 0 unspecified atom stereocenters. The van der Waals surface area contributed by atoms with E-state index in [1.165, 1.54) is 7.05 Å². The van der Waals surface area contributed by atoms with Gasteiger partial charge in [-0.1, -0.05) is 0 Å². The molecule has 0 aromatic carbocycles. The molecule has 3 heteroatoms. The first-order valence-corrected chi connectivity index (χ1v) is 1.14. The van der Waals surface area contributed by atoms with Gasteiger partial charge in [0.05, 0.1) is 0 Å². The second kappa shape index (κ2) is 3.27. The van der Waals surface area contributed by atoms with Gasteiger partial charge in [0.25, 0.3) is 6.41 Å². The van der Waals surface area contributed by atoms with Crippen LogP contribution in [0.3, 0.4) is 0 Å². The first kappa shape index (κ1) is 4.27. The Hall–Kier alpha value is -0.730. The van der Waals surface area contributed by atoms with Gasteiger partial charge >= 0.3 is 0 Å². The van der Waals surface area contributed by atoms with Gasteiger partial charge in [0.15, 0.2) is 0 Å². The van der Waals surface area contributed by atoms with Crippen molar-refractivity contribution in [3.63, 3.8) is 0 Å². The molecular formula is C2H4N2O. The Kier molecular flexibility index (Phi) is 2.79. The molecule has 0 aliphatic rings. The fourth-order valence-corrected chi connectivity index (χ4v) is 0.0471. The lowest BCUT2D eigenvalue weighted by Crippen LogP contribution is -1.51. The molecule has 0 N–H and O–H groups in total. The third kappa shape index (κ3) is 3.27. The molecule has 0 bridgehead atoms. The van der Waals surface area contributed by atoms with Gasteiger partial charge in [-0.3, -0.25) is 4.79 Å². The van der Waals surface area contributed by atoms with Crippen LogP contribution in [0.2, 0.25) is 0 Å². The molecule has 0 aliphatic heterocycles. The maximum atomic E-state index is 9.14. The van der Waals surface area contributed by atoms with E-state index in [2.05, 4.69) is 10.2 Å². The standard InChI is InChI=1S/C2H4N2O/c1-3-4-2-5/h2H,1H3. The zero-order valence-corrected chi connectivity index (χ0v) is 2.88. The number of carbonyl (C=O) groups excluding carboxylic acids is 1. The molecule has 0 spiro atoms. The second-order valence-corrected chi connectivity index (χ2v) is 0.421. The number of hydrogen-bond acceptors (Lipinski definition) is 2. The normalized spacial score (nSPS) is 9.00. The maximum absolute atomic E-state index is 9.14. The SMILES string of the molecule is CN=NC=O. The maximum Gasteiger partial charge on any atom is 0.252 e. The molecule has 0 radical (unpaired) electrons. The van der Waals surface area contributed by atoms with Crippen LogP contribution in [0.25, 0.3) is 0 Å². The lowest BCUT2D eigenvalue weighted by molar-refractivity contribution is -0.107. The first-order chi connectivity index (χ1) is 2.41. The molecule has 0 aromatic heterocycles. The van der Waals surface area contributed by atoms with E-state index in [0.29, 0.717) is 6.41 Å². The molecule has 0 saturated carbocycles. The van der Waals surface area contributed by atoms with Crippen LogP contribution in [0, 0.1) is 0 Å². The first-order valence-electron chi connectivity index (χ1n) is 1.14. The number of amides is 1. The molecule has 28 valence electrons. The van der Waals surface area contributed by atoms with Crippen molar-refractivity contribution in [3.05, 3.63) is 0 Å². The van der Waals surface area contributed by atoms with Crippen LogP contribution < -0.4 is 0 Å². The van der Waals surface area contributed by atoms with Crippen molar-refractivity contribution in [2.75, 3.05) is 7.05 Å². The van der Waals surface area contributed by atoms with E-state index in [1.54, 1.807) is 0 Å². The minimum Gasteiger partial charge on any atom is -0.275 e. The van der Waals surface area contributed by atoms with Crippen molar-refractivity contribution in [1.29, 1.82) is 0 Å². The molecule has 0 heterocycles. The van der Waals surface area contributed by atoms with Gasteiger partial charge in [0.1, 0.15) is 0 Å². The Balaban J connectivity index is 2.92. The largest absolute Gasteiger partial charge is 0.275 e. The minimum atomic E-state index is 0.389. The van der Waals surface area contributed by atoms with Gasteiger partial charge in [0, 0.05) is 7.05 Å². The Morgan fingerprint density at radius 3 is 2.40 bits per heavy atom. The molecule has 0 aromatic rings. The average molecular weight is 72.1 g/mol. The van der Waals surface area contributed by atoms with E-state index < -0.39 is 0 Å². The monoisotopic (exact) mass is 72.0 g/mol. The Morgan fingerprint density at radius 1 is 1.80 bits per heavy atom. The summed E-state index contributed by atoms with van der Waals surface area (Å²) in [4.78, 5) is 9.14. The molecule has 0 saturated heterocycles. The van der Waals surface area contributed by atoms with Crippen molar-refractivity contribution in [1.82, 2.24) is 0 Å². The highest BCUT2D eigenvalue weighted by Gasteiger charge is 1.47. The highest BCUT2D eigenvalue weighted by Crippen LogP contribution is 1.52.